The van der Waals surface area contributed by atoms with Gasteiger partial charge in [0.05, 0.1) is 12.2 Å². The van der Waals surface area contributed by atoms with E-state index < -0.39 is 12.2 Å². The van der Waals surface area contributed by atoms with Crippen molar-refractivity contribution >= 4 is 0 Å². The monoisotopic (exact) mass is 196 g/mol. The third-order valence-electron chi connectivity index (χ3n) is 1.85. The summed E-state index contributed by atoms with van der Waals surface area (Å²) in [5.41, 5.74) is 0.744. The van der Waals surface area contributed by atoms with Gasteiger partial charge in [-0.3, -0.25) is 0 Å². The highest BCUT2D eigenvalue weighted by atomic mass is 16.5. The van der Waals surface area contributed by atoms with Crippen LogP contribution in [-0.2, 0) is 0 Å². The third kappa shape index (κ3) is 3.01. The maximum absolute atomic E-state index is 9.43. The second kappa shape index (κ2) is 4.98. The Bertz CT molecular complexity index is 282. The van der Waals surface area contributed by atoms with Crippen LogP contribution in [0.1, 0.15) is 25.5 Å². The number of ether oxygens (including phenoxy) is 1. The van der Waals surface area contributed by atoms with Gasteiger partial charge in [0.1, 0.15) is 12.4 Å². The number of hydrogen-bond acceptors (Lipinski definition) is 3. The van der Waals surface area contributed by atoms with E-state index in [1.807, 2.05) is 18.2 Å². The fourth-order valence-electron chi connectivity index (χ4n) is 1.17. The lowest BCUT2D eigenvalue weighted by Crippen LogP contribution is -2.13. The van der Waals surface area contributed by atoms with Crippen LogP contribution in [0.5, 0.6) is 5.75 Å². The summed E-state index contributed by atoms with van der Waals surface area (Å²) in [4.78, 5) is 0. The Morgan fingerprint density at radius 1 is 1.21 bits per heavy atom. The van der Waals surface area contributed by atoms with Crippen molar-refractivity contribution < 1.29 is 14.9 Å². The molecular formula is C11H16O3. The second-order valence-corrected chi connectivity index (χ2v) is 3.37. The molecule has 1 unspecified atom stereocenters. The summed E-state index contributed by atoms with van der Waals surface area (Å²) in [5.74, 6) is 0.628. The average molecular weight is 196 g/mol. The van der Waals surface area contributed by atoms with Gasteiger partial charge in [-0.05, 0) is 19.9 Å². The first-order valence-electron chi connectivity index (χ1n) is 4.69. The minimum absolute atomic E-state index is 0.240. The van der Waals surface area contributed by atoms with Crippen molar-refractivity contribution in [2.75, 3.05) is 6.61 Å². The van der Waals surface area contributed by atoms with E-state index in [0.29, 0.717) is 5.75 Å². The SMILES string of the molecule is CC(O)COc1ccccc1[C@@H](C)O. The fraction of sp³-hybridized carbons (Fsp3) is 0.455. The highest BCUT2D eigenvalue weighted by molar-refractivity contribution is 5.34. The molecule has 0 radical (unpaired) electrons. The molecule has 3 heteroatoms. The lowest BCUT2D eigenvalue weighted by molar-refractivity contribution is 0.118. The molecule has 1 aromatic rings. The molecule has 0 amide bonds. The maximum Gasteiger partial charge on any atom is 0.125 e. The molecule has 0 saturated heterocycles. The second-order valence-electron chi connectivity index (χ2n) is 3.37. The number of hydrogen-bond donors (Lipinski definition) is 2. The number of para-hydroxylation sites is 1. The van der Waals surface area contributed by atoms with Crippen LogP contribution in [0.2, 0.25) is 0 Å². The Balaban J connectivity index is 2.74. The summed E-state index contributed by atoms with van der Waals surface area (Å²) >= 11 is 0. The van der Waals surface area contributed by atoms with Crippen molar-refractivity contribution in [3.63, 3.8) is 0 Å². The Hall–Kier alpha value is -1.06. The van der Waals surface area contributed by atoms with Crippen LogP contribution in [-0.4, -0.2) is 22.9 Å². The molecule has 0 aliphatic carbocycles. The van der Waals surface area contributed by atoms with Gasteiger partial charge in [-0.25, -0.2) is 0 Å². The lowest BCUT2D eigenvalue weighted by atomic mass is 10.1. The maximum atomic E-state index is 9.43. The van der Waals surface area contributed by atoms with Gasteiger partial charge in [0, 0.05) is 5.56 Å². The molecule has 0 aliphatic rings. The number of benzene rings is 1. The van der Waals surface area contributed by atoms with Crippen LogP contribution in [0.3, 0.4) is 0 Å². The average Bonchev–Trinajstić information content (AvgIpc) is 2.15. The van der Waals surface area contributed by atoms with Gasteiger partial charge in [0.2, 0.25) is 0 Å². The molecule has 2 N–H and O–H groups in total. The van der Waals surface area contributed by atoms with Crippen LogP contribution in [0, 0.1) is 0 Å². The Morgan fingerprint density at radius 3 is 2.43 bits per heavy atom. The van der Waals surface area contributed by atoms with Gasteiger partial charge < -0.3 is 14.9 Å². The van der Waals surface area contributed by atoms with Gasteiger partial charge in [-0.2, -0.15) is 0 Å². The van der Waals surface area contributed by atoms with Crippen LogP contribution in [0.4, 0.5) is 0 Å². The molecule has 0 fully saturated rings. The molecule has 0 heterocycles. The summed E-state index contributed by atoms with van der Waals surface area (Å²) < 4.78 is 5.35. The first kappa shape index (κ1) is 11.0. The van der Waals surface area contributed by atoms with Gasteiger partial charge >= 0.3 is 0 Å². The highest BCUT2D eigenvalue weighted by Gasteiger charge is 2.08. The third-order valence-corrected chi connectivity index (χ3v) is 1.85. The van der Waals surface area contributed by atoms with Crippen molar-refractivity contribution in [2.24, 2.45) is 0 Å². The van der Waals surface area contributed by atoms with Crippen LogP contribution in [0.15, 0.2) is 24.3 Å². The minimum atomic E-state index is -0.555. The van der Waals surface area contributed by atoms with Crippen LogP contribution >= 0.6 is 0 Å². The first-order valence-corrected chi connectivity index (χ1v) is 4.69. The minimum Gasteiger partial charge on any atom is -0.491 e. The summed E-state index contributed by atoms with van der Waals surface area (Å²) in [7, 11) is 0. The zero-order valence-electron chi connectivity index (χ0n) is 8.47. The Kier molecular flexibility index (Phi) is 3.92. The molecule has 1 aromatic carbocycles. The van der Waals surface area contributed by atoms with Gasteiger partial charge in [-0.1, -0.05) is 18.2 Å². The summed E-state index contributed by atoms with van der Waals surface area (Å²) in [6.45, 7) is 3.58. The van der Waals surface area contributed by atoms with E-state index in [9.17, 15) is 5.11 Å². The number of aliphatic hydroxyl groups is 2. The molecule has 14 heavy (non-hydrogen) atoms. The molecule has 3 nitrogen and oxygen atoms in total. The topological polar surface area (TPSA) is 49.7 Å². The number of rotatable bonds is 4. The molecule has 0 spiro atoms. The molecule has 0 aromatic heterocycles. The standard InChI is InChI=1S/C11H16O3/c1-8(12)7-14-11-6-4-3-5-10(11)9(2)13/h3-6,8-9,12-13H,7H2,1-2H3/t8?,9-/m1/s1. The van der Waals surface area contributed by atoms with E-state index in [2.05, 4.69) is 0 Å². The predicted octanol–water partition coefficient (Wildman–Crippen LogP) is 1.50. The normalized spacial score (nSPS) is 14.9. The largest absolute Gasteiger partial charge is 0.491 e. The van der Waals surface area contributed by atoms with Crippen molar-refractivity contribution in [1.82, 2.24) is 0 Å². The van der Waals surface area contributed by atoms with Crippen molar-refractivity contribution in [1.29, 1.82) is 0 Å². The summed E-state index contributed by atoms with van der Waals surface area (Å²) in [6, 6.07) is 7.27. The van der Waals surface area contributed by atoms with Crippen LogP contribution in [0.25, 0.3) is 0 Å². The lowest BCUT2D eigenvalue weighted by Gasteiger charge is -2.13. The number of aliphatic hydroxyl groups excluding tert-OH is 2. The Labute approximate surface area is 84.0 Å². The van der Waals surface area contributed by atoms with E-state index in [-0.39, 0.29) is 6.61 Å². The molecule has 0 saturated carbocycles. The van der Waals surface area contributed by atoms with Gasteiger partial charge in [0.25, 0.3) is 0 Å². The molecular weight excluding hydrogens is 180 g/mol. The molecule has 2 atom stereocenters. The van der Waals surface area contributed by atoms with Gasteiger partial charge in [-0.15, -0.1) is 0 Å². The summed E-state index contributed by atoms with van der Waals surface area (Å²) in [5, 5.41) is 18.5. The van der Waals surface area contributed by atoms with E-state index in [1.54, 1.807) is 19.9 Å². The summed E-state index contributed by atoms with van der Waals surface area (Å²) in [6.07, 6.45) is -1.06. The zero-order chi connectivity index (χ0) is 10.6. The smallest absolute Gasteiger partial charge is 0.125 e. The zero-order valence-corrected chi connectivity index (χ0v) is 8.47. The molecule has 1 rings (SSSR count). The van der Waals surface area contributed by atoms with Crippen molar-refractivity contribution in [2.45, 2.75) is 26.1 Å². The highest BCUT2D eigenvalue weighted by Crippen LogP contribution is 2.24. The van der Waals surface area contributed by atoms with E-state index in [0.717, 1.165) is 5.56 Å². The first-order chi connectivity index (χ1) is 6.61. The quantitative estimate of drug-likeness (QED) is 0.767. The van der Waals surface area contributed by atoms with E-state index in [4.69, 9.17) is 9.84 Å². The predicted molar refractivity (Wildman–Crippen MR) is 54.3 cm³/mol. The van der Waals surface area contributed by atoms with E-state index in [1.165, 1.54) is 0 Å². The van der Waals surface area contributed by atoms with Crippen molar-refractivity contribution in [3.05, 3.63) is 29.8 Å². The van der Waals surface area contributed by atoms with Crippen LogP contribution < -0.4 is 4.74 Å². The molecule has 0 aliphatic heterocycles. The van der Waals surface area contributed by atoms with Crippen molar-refractivity contribution in [3.8, 4) is 5.75 Å². The van der Waals surface area contributed by atoms with E-state index >= 15 is 0 Å². The fourth-order valence-corrected chi connectivity index (χ4v) is 1.17. The molecule has 0 bridgehead atoms. The van der Waals surface area contributed by atoms with Gasteiger partial charge in [0.15, 0.2) is 0 Å². The Morgan fingerprint density at radius 2 is 1.86 bits per heavy atom. The molecule has 78 valence electrons.